The monoisotopic (exact) mass is 276 g/mol. The average Bonchev–Trinajstić information content (AvgIpc) is 2.60. The number of hydrogen-bond acceptors (Lipinski definition) is 4. The van der Waals surface area contributed by atoms with Gasteiger partial charge in [-0.1, -0.05) is 0 Å². The van der Waals surface area contributed by atoms with Crippen molar-refractivity contribution in [1.29, 1.82) is 0 Å². The molecule has 0 bridgehead atoms. The van der Waals surface area contributed by atoms with Crippen molar-refractivity contribution in [3.63, 3.8) is 0 Å². The number of Topliss-reactive ketones (excluding diaryl/α,β-unsaturated/α-hetero) is 1. The van der Waals surface area contributed by atoms with Crippen molar-refractivity contribution in [1.82, 2.24) is 0 Å². The highest BCUT2D eigenvalue weighted by Gasteiger charge is 2.49. The lowest BCUT2D eigenvalue weighted by Gasteiger charge is -2.26. The zero-order valence-electron chi connectivity index (χ0n) is 12.6. The van der Waals surface area contributed by atoms with E-state index in [0.29, 0.717) is 17.7 Å². The summed E-state index contributed by atoms with van der Waals surface area (Å²) < 4.78 is 10.5. The molecule has 0 N–H and O–H groups in total. The molecule has 0 radical (unpaired) electrons. The van der Waals surface area contributed by atoms with Gasteiger partial charge in [0.05, 0.1) is 7.11 Å². The molecule has 1 atom stereocenters. The molecule has 1 aromatic carbocycles. The second kappa shape index (κ2) is 4.62. The first-order valence-electron chi connectivity index (χ1n) is 6.62. The number of ether oxygens (including phenoxy) is 2. The standard InChI is InChI=1S/C16H20O4/c1-15(2,3)20-14(18)16(4)9-10-8-11(19-5)6-7-12(10)13(16)17/h6-8H,9H2,1-5H3. The molecule has 0 aliphatic heterocycles. The molecule has 20 heavy (non-hydrogen) atoms. The third kappa shape index (κ3) is 2.42. The van der Waals surface area contributed by atoms with E-state index in [-0.39, 0.29) is 5.78 Å². The molecule has 0 saturated heterocycles. The molecule has 0 saturated carbocycles. The molecule has 0 aromatic heterocycles. The summed E-state index contributed by atoms with van der Waals surface area (Å²) in [4.78, 5) is 24.8. The van der Waals surface area contributed by atoms with Gasteiger partial charge in [-0.3, -0.25) is 9.59 Å². The van der Waals surface area contributed by atoms with Crippen LogP contribution in [-0.4, -0.2) is 24.5 Å². The predicted octanol–water partition coefficient (Wildman–Crippen LogP) is 2.78. The fourth-order valence-electron chi connectivity index (χ4n) is 2.38. The highest BCUT2D eigenvalue weighted by Crippen LogP contribution is 2.39. The lowest BCUT2D eigenvalue weighted by molar-refractivity contribution is -0.163. The summed E-state index contributed by atoms with van der Waals surface area (Å²) in [5.41, 5.74) is -0.323. The summed E-state index contributed by atoms with van der Waals surface area (Å²) in [5, 5.41) is 0. The van der Waals surface area contributed by atoms with Gasteiger partial charge in [0.1, 0.15) is 16.8 Å². The molecule has 0 heterocycles. The largest absolute Gasteiger partial charge is 0.497 e. The number of methoxy groups -OCH3 is 1. The minimum atomic E-state index is -1.14. The maximum atomic E-state index is 12.5. The Bertz CT molecular complexity index is 568. The van der Waals surface area contributed by atoms with E-state index in [1.54, 1.807) is 46.9 Å². The van der Waals surface area contributed by atoms with Gasteiger partial charge in [-0.25, -0.2) is 0 Å². The third-order valence-electron chi connectivity index (χ3n) is 3.45. The molecule has 4 heteroatoms. The number of benzene rings is 1. The Morgan fingerprint density at radius 2 is 1.95 bits per heavy atom. The van der Waals surface area contributed by atoms with Crippen molar-refractivity contribution in [2.75, 3.05) is 7.11 Å². The SMILES string of the molecule is COc1ccc2c(c1)CC(C)(C(=O)OC(C)(C)C)C2=O. The molecular formula is C16H20O4. The fourth-order valence-corrected chi connectivity index (χ4v) is 2.38. The van der Waals surface area contributed by atoms with Crippen molar-refractivity contribution < 1.29 is 19.1 Å². The predicted molar refractivity (Wildman–Crippen MR) is 75.0 cm³/mol. The zero-order chi connectivity index (χ0) is 15.1. The Morgan fingerprint density at radius 1 is 1.30 bits per heavy atom. The number of esters is 1. The number of ketones is 1. The van der Waals surface area contributed by atoms with Gasteiger partial charge in [-0.05, 0) is 57.9 Å². The molecule has 4 nitrogen and oxygen atoms in total. The average molecular weight is 276 g/mol. The Labute approximate surface area is 119 Å². The summed E-state index contributed by atoms with van der Waals surface area (Å²) in [6.07, 6.45) is 0.354. The van der Waals surface area contributed by atoms with Crippen molar-refractivity contribution in [3.8, 4) is 5.75 Å². The number of carbonyl (C=O) groups is 2. The van der Waals surface area contributed by atoms with E-state index in [1.807, 2.05) is 6.07 Å². The molecule has 1 aliphatic rings. The maximum absolute atomic E-state index is 12.5. The van der Waals surface area contributed by atoms with E-state index < -0.39 is 17.0 Å². The molecule has 0 fully saturated rings. The minimum absolute atomic E-state index is 0.176. The lowest BCUT2D eigenvalue weighted by Crippen LogP contribution is -2.39. The van der Waals surface area contributed by atoms with Crippen LogP contribution < -0.4 is 4.74 Å². The van der Waals surface area contributed by atoms with Gasteiger partial charge in [-0.15, -0.1) is 0 Å². The highest BCUT2D eigenvalue weighted by atomic mass is 16.6. The normalized spacial score (nSPS) is 21.6. The Hall–Kier alpha value is -1.84. The molecule has 108 valence electrons. The van der Waals surface area contributed by atoms with Crippen LogP contribution in [0.2, 0.25) is 0 Å². The van der Waals surface area contributed by atoms with Crippen LogP contribution in [0.1, 0.15) is 43.6 Å². The molecule has 1 aliphatic carbocycles. The molecule has 1 unspecified atom stereocenters. The molecule has 0 spiro atoms. The van der Waals surface area contributed by atoms with Crippen LogP contribution in [0.25, 0.3) is 0 Å². The molecular weight excluding hydrogens is 256 g/mol. The summed E-state index contributed by atoms with van der Waals surface area (Å²) >= 11 is 0. The van der Waals surface area contributed by atoms with Gasteiger partial charge < -0.3 is 9.47 Å². The Morgan fingerprint density at radius 3 is 2.50 bits per heavy atom. The molecule has 0 amide bonds. The zero-order valence-corrected chi connectivity index (χ0v) is 12.6. The van der Waals surface area contributed by atoms with Crippen LogP contribution in [0.5, 0.6) is 5.75 Å². The smallest absolute Gasteiger partial charge is 0.320 e. The van der Waals surface area contributed by atoms with E-state index in [1.165, 1.54) is 0 Å². The number of fused-ring (bicyclic) bond motifs is 1. The van der Waals surface area contributed by atoms with Crippen LogP contribution in [0.4, 0.5) is 0 Å². The van der Waals surface area contributed by atoms with Crippen molar-refractivity contribution in [2.24, 2.45) is 5.41 Å². The van der Waals surface area contributed by atoms with Crippen LogP contribution in [0, 0.1) is 5.41 Å². The van der Waals surface area contributed by atoms with Crippen molar-refractivity contribution >= 4 is 11.8 Å². The van der Waals surface area contributed by atoms with E-state index >= 15 is 0 Å². The first-order valence-corrected chi connectivity index (χ1v) is 6.62. The van der Waals surface area contributed by atoms with Gasteiger partial charge in [0, 0.05) is 5.56 Å². The van der Waals surface area contributed by atoms with Gasteiger partial charge >= 0.3 is 5.97 Å². The maximum Gasteiger partial charge on any atom is 0.320 e. The van der Waals surface area contributed by atoms with Crippen LogP contribution >= 0.6 is 0 Å². The minimum Gasteiger partial charge on any atom is -0.497 e. The van der Waals surface area contributed by atoms with Gasteiger partial charge in [0.25, 0.3) is 0 Å². The second-order valence-electron chi connectivity index (χ2n) is 6.36. The number of hydrogen-bond donors (Lipinski definition) is 0. The van der Waals surface area contributed by atoms with E-state index in [4.69, 9.17) is 9.47 Å². The van der Waals surface area contributed by atoms with Crippen LogP contribution in [0.3, 0.4) is 0 Å². The summed E-state index contributed by atoms with van der Waals surface area (Å²) in [7, 11) is 1.57. The lowest BCUT2D eigenvalue weighted by atomic mass is 9.86. The Kier molecular flexibility index (Phi) is 3.36. The summed E-state index contributed by atoms with van der Waals surface area (Å²) in [6, 6.07) is 5.26. The van der Waals surface area contributed by atoms with Gasteiger partial charge in [-0.2, -0.15) is 0 Å². The first-order chi connectivity index (χ1) is 9.17. The van der Waals surface area contributed by atoms with E-state index in [9.17, 15) is 9.59 Å². The Balaban J connectivity index is 2.33. The fraction of sp³-hybridized carbons (Fsp3) is 0.500. The van der Waals surface area contributed by atoms with Crippen molar-refractivity contribution in [3.05, 3.63) is 29.3 Å². The van der Waals surface area contributed by atoms with E-state index in [0.717, 1.165) is 5.56 Å². The number of rotatable bonds is 2. The van der Waals surface area contributed by atoms with Gasteiger partial charge in [0.15, 0.2) is 5.78 Å². The van der Waals surface area contributed by atoms with Crippen LogP contribution in [0.15, 0.2) is 18.2 Å². The van der Waals surface area contributed by atoms with Crippen LogP contribution in [-0.2, 0) is 16.0 Å². The quantitative estimate of drug-likeness (QED) is 0.615. The third-order valence-corrected chi connectivity index (χ3v) is 3.45. The number of carbonyl (C=O) groups excluding carboxylic acids is 2. The first kappa shape index (κ1) is 14.6. The second-order valence-corrected chi connectivity index (χ2v) is 6.36. The summed E-state index contributed by atoms with van der Waals surface area (Å²) in [5.74, 6) is 0.0413. The molecule has 1 aromatic rings. The van der Waals surface area contributed by atoms with Crippen molar-refractivity contribution in [2.45, 2.75) is 39.7 Å². The summed E-state index contributed by atoms with van der Waals surface area (Å²) in [6.45, 7) is 7.04. The van der Waals surface area contributed by atoms with E-state index in [2.05, 4.69) is 0 Å². The highest BCUT2D eigenvalue weighted by molar-refractivity contribution is 6.15. The topological polar surface area (TPSA) is 52.6 Å². The van der Waals surface area contributed by atoms with Gasteiger partial charge in [0.2, 0.25) is 0 Å². The molecule has 2 rings (SSSR count).